The van der Waals surface area contributed by atoms with Crippen molar-refractivity contribution in [1.82, 2.24) is 0 Å². The molecule has 0 radical (unpaired) electrons. The lowest BCUT2D eigenvalue weighted by molar-refractivity contribution is -0.138. The van der Waals surface area contributed by atoms with Crippen molar-refractivity contribution in [2.75, 3.05) is 5.33 Å². The van der Waals surface area contributed by atoms with Gasteiger partial charge in [0.25, 0.3) is 0 Å². The zero-order chi connectivity index (χ0) is 12.5. The van der Waals surface area contributed by atoms with E-state index in [0.29, 0.717) is 3.57 Å². The Balaban J connectivity index is 3.39. The molecule has 0 N–H and O–H groups in total. The molecule has 88 valence electrons. The van der Waals surface area contributed by atoms with E-state index in [9.17, 15) is 18.0 Å². The molecule has 0 aliphatic rings. The highest BCUT2D eigenvalue weighted by molar-refractivity contribution is 14.1. The summed E-state index contributed by atoms with van der Waals surface area (Å²) >= 11 is 4.81. The molecule has 0 aliphatic carbocycles. The second kappa shape index (κ2) is 5.03. The third-order valence-corrected chi connectivity index (χ3v) is 3.44. The normalized spacial score (nSPS) is 11.6. The van der Waals surface area contributed by atoms with Gasteiger partial charge in [-0.25, -0.2) is 0 Å². The van der Waals surface area contributed by atoms with E-state index >= 15 is 0 Å². The van der Waals surface area contributed by atoms with Crippen LogP contribution in [0.15, 0.2) is 12.1 Å². The largest absolute Gasteiger partial charge is 0.416 e. The number of hydrogen-bond donors (Lipinski definition) is 0. The fourth-order valence-electron chi connectivity index (χ4n) is 1.26. The van der Waals surface area contributed by atoms with E-state index in [4.69, 9.17) is 0 Å². The summed E-state index contributed by atoms with van der Waals surface area (Å²) in [6.45, 7) is 1.38. The van der Waals surface area contributed by atoms with Crippen LogP contribution in [0.2, 0.25) is 0 Å². The average molecular weight is 407 g/mol. The molecule has 0 heterocycles. The van der Waals surface area contributed by atoms with Crippen molar-refractivity contribution in [3.63, 3.8) is 0 Å². The number of rotatable bonds is 2. The van der Waals surface area contributed by atoms with Crippen molar-refractivity contribution in [1.29, 1.82) is 0 Å². The highest BCUT2D eigenvalue weighted by Gasteiger charge is 2.33. The Kier molecular flexibility index (Phi) is 4.39. The molecular weight excluding hydrogens is 400 g/mol. The molecule has 1 nitrogen and oxygen atoms in total. The van der Waals surface area contributed by atoms with E-state index < -0.39 is 11.7 Å². The van der Waals surface area contributed by atoms with Crippen molar-refractivity contribution in [3.8, 4) is 0 Å². The van der Waals surface area contributed by atoms with Gasteiger partial charge in [0.05, 0.1) is 10.9 Å². The Morgan fingerprint density at radius 2 is 2.00 bits per heavy atom. The van der Waals surface area contributed by atoms with Gasteiger partial charge in [0, 0.05) is 9.13 Å². The second-order valence-corrected chi connectivity index (χ2v) is 4.92. The van der Waals surface area contributed by atoms with Gasteiger partial charge < -0.3 is 0 Å². The maximum Gasteiger partial charge on any atom is 0.416 e. The molecule has 16 heavy (non-hydrogen) atoms. The van der Waals surface area contributed by atoms with Crippen LogP contribution in [0, 0.1) is 10.5 Å². The molecule has 0 aromatic heterocycles. The highest BCUT2D eigenvalue weighted by Crippen LogP contribution is 2.34. The molecule has 1 rings (SSSR count). The summed E-state index contributed by atoms with van der Waals surface area (Å²) in [5.41, 5.74) is -0.518. The first-order chi connectivity index (χ1) is 7.27. The minimum atomic E-state index is -4.42. The molecule has 1 aromatic rings. The number of halogens is 5. The minimum Gasteiger partial charge on any atom is -0.293 e. The molecule has 0 spiro atoms. The Morgan fingerprint density at radius 3 is 2.44 bits per heavy atom. The van der Waals surface area contributed by atoms with Gasteiger partial charge in [-0.2, -0.15) is 13.2 Å². The van der Waals surface area contributed by atoms with E-state index in [0.717, 1.165) is 6.07 Å². The molecular formula is C10H7BrF3IO. The van der Waals surface area contributed by atoms with Gasteiger partial charge >= 0.3 is 6.18 Å². The Morgan fingerprint density at radius 1 is 1.44 bits per heavy atom. The summed E-state index contributed by atoms with van der Waals surface area (Å²) in [7, 11) is 0. The van der Waals surface area contributed by atoms with Crippen LogP contribution < -0.4 is 0 Å². The fraction of sp³-hybridized carbons (Fsp3) is 0.300. The quantitative estimate of drug-likeness (QED) is 0.408. The van der Waals surface area contributed by atoms with E-state index in [1.165, 1.54) is 13.0 Å². The Hall–Kier alpha value is -0.110. The third-order valence-electron chi connectivity index (χ3n) is 2.04. The molecule has 0 bridgehead atoms. The molecule has 0 amide bonds. The smallest absolute Gasteiger partial charge is 0.293 e. The van der Waals surface area contributed by atoms with Crippen molar-refractivity contribution in [3.05, 3.63) is 32.4 Å². The van der Waals surface area contributed by atoms with E-state index in [-0.39, 0.29) is 22.2 Å². The molecule has 0 saturated heterocycles. The molecule has 0 atom stereocenters. The van der Waals surface area contributed by atoms with E-state index in [1.54, 1.807) is 0 Å². The van der Waals surface area contributed by atoms with Gasteiger partial charge in [0.15, 0.2) is 5.78 Å². The molecule has 0 unspecified atom stereocenters. The topological polar surface area (TPSA) is 17.1 Å². The summed E-state index contributed by atoms with van der Waals surface area (Å²) in [6.07, 6.45) is -4.42. The number of hydrogen-bond acceptors (Lipinski definition) is 1. The summed E-state index contributed by atoms with van der Waals surface area (Å²) in [5, 5.41) is 0.0172. The van der Waals surface area contributed by atoms with Gasteiger partial charge in [0.1, 0.15) is 0 Å². The van der Waals surface area contributed by atoms with Crippen molar-refractivity contribution >= 4 is 44.3 Å². The van der Waals surface area contributed by atoms with Crippen LogP contribution in [0.4, 0.5) is 13.2 Å². The van der Waals surface area contributed by atoms with Crippen LogP contribution in [-0.2, 0) is 6.18 Å². The maximum absolute atomic E-state index is 12.6. The van der Waals surface area contributed by atoms with Crippen molar-refractivity contribution in [2.45, 2.75) is 13.1 Å². The number of alkyl halides is 4. The minimum absolute atomic E-state index is 0.0172. The molecule has 6 heteroatoms. The molecule has 1 aromatic carbocycles. The molecule has 0 saturated carbocycles. The maximum atomic E-state index is 12.6. The van der Waals surface area contributed by atoms with Gasteiger partial charge in [-0.3, -0.25) is 4.79 Å². The SMILES string of the molecule is Cc1cc(I)c(C(=O)CBr)cc1C(F)(F)F. The third kappa shape index (κ3) is 2.97. The van der Waals surface area contributed by atoms with Gasteiger partial charge in [-0.15, -0.1) is 0 Å². The lowest BCUT2D eigenvalue weighted by atomic mass is 10.0. The van der Waals surface area contributed by atoms with E-state index in [1.807, 2.05) is 22.6 Å². The fourth-order valence-corrected chi connectivity index (χ4v) is 2.49. The monoisotopic (exact) mass is 406 g/mol. The van der Waals surface area contributed by atoms with Crippen LogP contribution in [0.25, 0.3) is 0 Å². The summed E-state index contributed by atoms with van der Waals surface area (Å²) in [4.78, 5) is 11.4. The molecule has 0 fully saturated rings. The molecule has 0 aliphatic heterocycles. The number of carbonyl (C=O) groups excluding carboxylic acids is 1. The van der Waals surface area contributed by atoms with Crippen molar-refractivity contribution in [2.24, 2.45) is 0 Å². The van der Waals surface area contributed by atoms with Gasteiger partial charge in [-0.1, -0.05) is 15.9 Å². The zero-order valence-electron chi connectivity index (χ0n) is 8.16. The van der Waals surface area contributed by atoms with Gasteiger partial charge in [0.2, 0.25) is 0 Å². The van der Waals surface area contributed by atoms with Crippen LogP contribution in [0.3, 0.4) is 0 Å². The summed E-state index contributed by atoms with van der Waals surface area (Å²) in [6, 6.07) is 2.29. The number of aryl methyl sites for hydroxylation is 1. The lowest BCUT2D eigenvalue weighted by Gasteiger charge is -2.12. The zero-order valence-corrected chi connectivity index (χ0v) is 11.9. The first-order valence-corrected chi connectivity index (χ1v) is 6.44. The second-order valence-electron chi connectivity index (χ2n) is 3.20. The number of benzene rings is 1. The van der Waals surface area contributed by atoms with Crippen molar-refractivity contribution < 1.29 is 18.0 Å². The van der Waals surface area contributed by atoms with E-state index in [2.05, 4.69) is 15.9 Å². The first kappa shape index (κ1) is 14.0. The van der Waals surface area contributed by atoms with Crippen LogP contribution >= 0.6 is 38.5 Å². The first-order valence-electron chi connectivity index (χ1n) is 4.24. The Bertz CT molecular complexity index is 429. The predicted octanol–water partition coefficient (Wildman–Crippen LogP) is 4.20. The van der Waals surface area contributed by atoms with Crippen LogP contribution in [-0.4, -0.2) is 11.1 Å². The summed E-state index contributed by atoms with van der Waals surface area (Å²) < 4.78 is 38.3. The lowest BCUT2D eigenvalue weighted by Crippen LogP contribution is -2.12. The van der Waals surface area contributed by atoms with Crippen LogP contribution in [0.1, 0.15) is 21.5 Å². The highest BCUT2D eigenvalue weighted by atomic mass is 127. The summed E-state index contributed by atoms with van der Waals surface area (Å²) in [5.74, 6) is -0.352. The Labute approximate surface area is 113 Å². The standard InChI is InChI=1S/C10H7BrF3IO/c1-5-2-8(15)6(9(16)4-11)3-7(5)10(12,13)14/h2-3H,4H2,1H3. The number of carbonyl (C=O) groups is 1. The number of ketones is 1. The van der Waals surface area contributed by atoms with Crippen LogP contribution in [0.5, 0.6) is 0 Å². The average Bonchev–Trinajstić information content (AvgIpc) is 2.14. The number of Topliss-reactive ketones (excluding diaryl/α,β-unsaturated/α-hetero) is 1. The predicted molar refractivity (Wildman–Crippen MR) is 67.0 cm³/mol. The van der Waals surface area contributed by atoms with Gasteiger partial charge in [-0.05, 0) is 47.2 Å².